The first-order valence-electron chi connectivity index (χ1n) is 4.93. The molecule has 0 spiro atoms. The Morgan fingerprint density at radius 3 is 2.56 bits per heavy atom. The lowest BCUT2D eigenvalue weighted by atomic mass is 10.2. The molecule has 5 nitrogen and oxygen atoms in total. The summed E-state index contributed by atoms with van der Waals surface area (Å²) < 4.78 is 0. The van der Waals surface area contributed by atoms with E-state index in [9.17, 15) is 9.90 Å². The van der Waals surface area contributed by atoms with Gasteiger partial charge in [0.1, 0.15) is 0 Å². The molecule has 3 N–H and O–H groups in total. The van der Waals surface area contributed by atoms with Gasteiger partial charge in [-0.2, -0.15) is 0 Å². The number of carbonyl (C=O) groups is 1. The van der Waals surface area contributed by atoms with Gasteiger partial charge in [-0.3, -0.25) is 4.79 Å². The first kappa shape index (κ1) is 18.3. The van der Waals surface area contributed by atoms with Gasteiger partial charge in [-0.15, -0.1) is 24.8 Å². The van der Waals surface area contributed by atoms with E-state index in [4.69, 9.17) is 0 Å². The number of aliphatic hydroxyl groups is 1. The summed E-state index contributed by atoms with van der Waals surface area (Å²) in [5.74, 6) is -0.0107. The van der Waals surface area contributed by atoms with Gasteiger partial charge in [0.05, 0.1) is 12.1 Å². The van der Waals surface area contributed by atoms with Crippen LogP contribution in [-0.2, 0) is 4.79 Å². The Bertz CT molecular complexity index is 205. The van der Waals surface area contributed by atoms with E-state index in [0.717, 1.165) is 6.54 Å². The van der Waals surface area contributed by atoms with Crippen LogP contribution >= 0.6 is 24.8 Å². The highest BCUT2D eigenvalue weighted by molar-refractivity contribution is 5.85. The molecule has 1 aliphatic rings. The summed E-state index contributed by atoms with van der Waals surface area (Å²) in [5.41, 5.74) is 0. The highest BCUT2D eigenvalue weighted by atomic mass is 35.5. The van der Waals surface area contributed by atoms with E-state index in [1.165, 1.54) is 0 Å². The normalized spacial score (nSPS) is 23.5. The van der Waals surface area contributed by atoms with Crippen LogP contribution in [0, 0.1) is 0 Å². The number of β-amino-alcohol motifs (C(OH)–C–C–N with tert-alkyl or cyclic N) is 1. The summed E-state index contributed by atoms with van der Waals surface area (Å²) in [6.07, 6.45) is 0.146. The molecular formula is C9H21Cl2N3O2. The molecule has 1 aliphatic heterocycles. The van der Waals surface area contributed by atoms with Crippen molar-refractivity contribution < 1.29 is 9.90 Å². The van der Waals surface area contributed by atoms with Gasteiger partial charge in [0.2, 0.25) is 5.91 Å². The van der Waals surface area contributed by atoms with E-state index >= 15 is 0 Å². The molecule has 0 saturated carbocycles. The van der Waals surface area contributed by atoms with Crippen molar-refractivity contribution in [2.45, 2.75) is 18.6 Å². The molecule has 0 radical (unpaired) electrons. The molecule has 0 aromatic carbocycles. The van der Waals surface area contributed by atoms with Crippen LogP contribution in [-0.4, -0.2) is 61.8 Å². The van der Waals surface area contributed by atoms with Crippen molar-refractivity contribution in [3.63, 3.8) is 0 Å². The van der Waals surface area contributed by atoms with Crippen LogP contribution in [0.1, 0.15) is 6.42 Å². The number of hydrogen-bond acceptors (Lipinski definition) is 4. The molecule has 0 aliphatic carbocycles. The van der Waals surface area contributed by atoms with E-state index in [0.29, 0.717) is 19.5 Å². The molecule has 1 heterocycles. The molecule has 7 heteroatoms. The number of aliphatic hydroxyl groups excluding tert-OH is 1. The maximum atomic E-state index is 11.5. The molecule has 16 heavy (non-hydrogen) atoms. The van der Waals surface area contributed by atoms with Crippen molar-refractivity contribution in [3.05, 3.63) is 0 Å². The Hall–Kier alpha value is -0.0700. The average molecular weight is 274 g/mol. The number of nitrogens with zero attached hydrogens (tertiary/aromatic N) is 1. The molecule has 1 fully saturated rings. The van der Waals surface area contributed by atoms with Gasteiger partial charge in [0.25, 0.3) is 0 Å². The SMILES string of the molecule is CN(C)CCNC(=O)[C@@H]1C[C@H](O)CN1.Cl.Cl. The summed E-state index contributed by atoms with van der Waals surface area (Å²) >= 11 is 0. The quantitative estimate of drug-likeness (QED) is 0.630. The van der Waals surface area contributed by atoms with E-state index in [1.807, 2.05) is 19.0 Å². The maximum Gasteiger partial charge on any atom is 0.237 e. The highest BCUT2D eigenvalue weighted by Gasteiger charge is 2.27. The molecule has 1 amide bonds. The van der Waals surface area contributed by atoms with Gasteiger partial charge in [-0.05, 0) is 20.5 Å². The van der Waals surface area contributed by atoms with E-state index < -0.39 is 0 Å². The first-order chi connectivity index (χ1) is 6.59. The number of likely N-dealkylation sites (N-methyl/N-ethyl adjacent to an activating group) is 1. The third-order valence-electron chi connectivity index (χ3n) is 2.28. The average Bonchev–Trinajstić information content (AvgIpc) is 2.51. The summed E-state index contributed by atoms with van der Waals surface area (Å²) in [5, 5.41) is 15.0. The fourth-order valence-corrected chi connectivity index (χ4v) is 1.44. The van der Waals surface area contributed by atoms with Gasteiger partial charge >= 0.3 is 0 Å². The Morgan fingerprint density at radius 1 is 1.50 bits per heavy atom. The fraction of sp³-hybridized carbons (Fsp3) is 0.889. The fourth-order valence-electron chi connectivity index (χ4n) is 1.44. The van der Waals surface area contributed by atoms with Crippen LogP contribution in [0.2, 0.25) is 0 Å². The minimum absolute atomic E-state index is 0. The van der Waals surface area contributed by atoms with Gasteiger partial charge in [0, 0.05) is 19.6 Å². The maximum absolute atomic E-state index is 11.5. The number of rotatable bonds is 4. The Morgan fingerprint density at radius 2 is 2.12 bits per heavy atom. The molecule has 0 aromatic heterocycles. The highest BCUT2D eigenvalue weighted by Crippen LogP contribution is 2.05. The summed E-state index contributed by atoms with van der Waals surface area (Å²) in [6, 6.07) is -0.216. The van der Waals surface area contributed by atoms with Crippen LogP contribution < -0.4 is 10.6 Å². The topological polar surface area (TPSA) is 64.6 Å². The van der Waals surface area contributed by atoms with Gasteiger partial charge in [0.15, 0.2) is 0 Å². The monoisotopic (exact) mass is 273 g/mol. The number of carbonyl (C=O) groups excluding carboxylic acids is 1. The molecule has 2 atom stereocenters. The largest absolute Gasteiger partial charge is 0.392 e. The third-order valence-corrected chi connectivity index (χ3v) is 2.28. The lowest BCUT2D eigenvalue weighted by Crippen LogP contribution is -2.42. The lowest BCUT2D eigenvalue weighted by Gasteiger charge is -2.13. The van der Waals surface area contributed by atoms with Crippen LogP contribution in [0.25, 0.3) is 0 Å². The van der Waals surface area contributed by atoms with Crippen molar-refractivity contribution in [1.82, 2.24) is 15.5 Å². The molecule has 0 aromatic rings. The van der Waals surface area contributed by atoms with Crippen LogP contribution in [0.15, 0.2) is 0 Å². The minimum atomic E-state index is -0.375. The zero-order chi connectivity index (χ0) is 10.6. The Labute approximate surface area is 109 Å². The van der Waals surface area contributed by atoms with Crippen LogP contribution in [0.5, 0.6) is 0 Å². The van der Waals surface area contributed by atoms with Gasteiger partial charge in [-0.25, -0.2) is 0 Å². The lowest BCUT2D eigenvalue weighted by molar-refractivity contribution is -0.122. The summed E-state index contributed by atoms with van der Waals surface area (Å²) in [7, 11) is 3.92. The predicted molar refractivity (Wildman–Crippen MR) is 68.5 cm³/mol. The van der Waals surface area contributed by atoms with Crippen LogP contribution in [0.4, 0.5) is 0 Å². The summed E-state index contributed by atoms with van der Waals surface area (Å²) in [4.78, 5) is 13.5. The van der Waals surface area contributed by atoms with E-state index in [1.54, 1.807) is 0 Å². The number of nitrogens with one attached hydrogen (secondary N) is 2. The minimum Gasteiger partial charge on any atom is -0.392 e. The van der Waals surface area contributed by atoms with Crippen molar-refractivity contribution >= 4 is 30.7 Å². The first-order valence-corrected chi connectivity index (χ1v) is 4.93. The zero-order valence-electron chi connectivity index (χ0n) is 9.60. The molecule has 0 unspecified atom stereocenters. The van der Waals surface area contributed by atoms with Crippen molar-refractivity contribution in [2.75, 3.05) is 33.7 Å². The molecule has 98 valence electrons. The molecule has 1 rings (SSSR count). The van der Waals surface area contributed by atoms with Gasteiger partial charge in [-0.1, -0.05) is 0 Å². The van der Waals surface area contributed by atoms with E-state index in [2.05, 4.69) is 10.6 Å². The van der Waals surface area contributed by atoms with Crippen molar-refractivity contribution in [1.29, 1.82) is 0 Å². The van der Waals surface area contributed by atoms with Gasteiger partial charge < -0.3 is 20.6 Å². The summed E-state index contributed by atoms with van der Waals surface area (Å²) in [6.45, 7) is 2.01. The molecular weight excluding hydrogens is 253 g/mol. The second-order valence-electron chi connectivity index (χ2n) is 3.94. The van der Waals surface area contributed by atoms with Crippen LogP contribution in [0.3, 0.4) is 0 Å². The Kier molecular flexibility index (Phi) is 10.3. The predicted octanol–water partition coefficient (Wildman–Crippen LogP) is -0.769. The number of amides is 1. The molecule has 0 bridgehead atoms. The number of hydrogen-bond donors (Lipinski definition) is 3. The third kappa shape index (κ3) is 6.50. The second kappa shape index (κ2) is 9.01. The Balaban J connectivity index is 0. The zero-order valence-corrected chi connectivity index (χ0v) is 11.2. The second-order valence-corrected chi connectivity index (χ2v) is 3.94. The van der Waals surface area contributed by atoms with Crippen molar-refractivity contribution in [2.24, 2.45) is 0 Å². The molecule has 1 saturated heterocycles. The number of halogens is 2. The van der Waals surface area contributed by atoms with E-state index in [-0.39, 0.29) is 42.9 Å². The van der Waals surface area contributed by atoms with Crippen molar-refractivity contribution in [3.8, 4) is 0 Å². The standard InChI is InChI=1S/C9H19N3O2.2ClH/c1-12(2)4-3-10-9(14)8-5-7(13)6-11-8;;/h7-8,11,13H,3-6H2,1-2H3,(H,10,14);2*1H/t7-,8-;;/m0../s1. The smallest absolute Gasteiger partial charge is 0.237 e.